The molecule has 2 aromatic rings. The van der Waals surface area contributed by atoms with Crippen LogP contribution in [0.3, 0.4) is 0 Å². The van der Waals surface area contributed by atoms with Crippen molar-refractivity contribution in [3.05, 3.63) is 29.5 Å². The van der Waals surface area contributed by atoms with E-state index in [0.29, 0.717) is 17.3 Å². The van der Waals surface area contributed by atoms with E-state index in [1.54, 1.807) is 6.20 Å². The number of rotatable bonds is 3. The molecule has 0 aromatic carbocycles. The van der Waals surface area contributed by atoms with Gasteiger partial charge in [-0.15, -0.1) is 0 Å². The molecular formula is C15H20N4O. The van der Waals surface area contributed by atoms with Crippen LogP contribution in [0.2, 0.25) is 0 Å². The Hall–Kier alpha value is -1.91. The van der Waals surface area contributed by atoms with Gasteiger partial charge in [0, 0.05) is 24.1 Å². The van der Waals surface area contributed by atoms with E-state index < -0.39 is 0 Å². The molecule has 1 fully saturated rings. The maximum atomic E-state index is 12.4. The van der Waals surface area contributed by atoms with Crippen LogP contribution in [-0.2, 0) is 0 Å². The van der Waals surface area contributed by atoms with Gasteiger partial charge in [-0.1, -0.05) is 6.42 Å². The zero-order valence-corrected chi connectivity index (χ0v) is 12.2. The Morgan fingerprint density at radius 3 is 2.85 bits per heavy atom. The first kappa shape index (κ1) is 13.1. The number of nitrogens with zero attached hydrogens (tertiary/aromatic N) is 3. The number of hydrogen-bond donors (Lipinski definition) is 1. The van der Waals surface area contributed by atoms with Crippen LogP contribution in [-0.4, -0.2) is 26.3 Å². The fraction of sp³-hybridized carbons (Fsp3) is 0.533. The second-order valence-corrected chi connectivity index (χ2v) is 5.78. The molecule has 106 valence electrons. The van der Waals surface area contributed by atoms with E-state index in [0.717, 1.165) is 11.4 Å². The second-order valence-electron chi connectivity index (χ2n) is 5.78. The van der Waals surface area contributed by atoms with Gasteiger partial charge in [0.1, 0.15) is 0 Å². The van der Waals surface area contributed by atoms with Crippen LogP contribution in [0.5, 0.6) is 0 Å². The Morgan fingerprint density at radius 2 is 2.20 bits per heavy atom. The normalized spacial score (nSPS) is 16.9. The Labute approximate surface area is 118 Å². The van der Waals surface area contributed by atoms with Gasteiger partial charge in [0.05, 0.1) is 5.69 Å². The van der Waals surface area contributed by atoms with Crippen LogP contribution in [0.15, 0.2) is 12.4 Å². The lowest BCUT2D eigenvalue weighted by atomic mass is 9.80. The zero-order valence-electron chi connectivity index (χ0n) is 12.2. The topological polar surface area (TPSA) is 59.3 Å². The van der Waals surface area contributed by atoms with Gasteiger partial charge in [0.25, 0.3) is 5.91 Å². The van der Waals surface area contributed by atoms with Crippen molar-refractivity contribution in [2.75, 3.05) is 0 Å². The third-order valence-electron chi connectivity index (χ3n) is 4.23. The molecule has 1 saturated carbocycles. The third kappa shape index (κ3) is 2.17. The number of hydrogen-bond acceptors (Lipinski definition) is 3. The lowest BCUT2D eigenvalue weighted by Crippen LogP contribution is -2.41. The number of aromatic nitrogens is 3. The number of fused-ring (bicyclic) bond motifs is 1. The molecule has 5 nitrogen and oxygen atoms in total. The van der Waals surface area contributed by atoms with Crippen molar-refractivity contribution in [3.63, 3.8) is 0 Å². The van der Waals surface area contributed by atoms with Gasteiger partial charge >= 0.3 is 0 Å². The minimum atomic E-state index is -0.125. The third-order valence-corrected chi connectivity index (χ3v) is 4.23. The highest BCUT2D eigenvalue weighted by molar-refractivity contribution is 5.98. The quantitative estimate of drug-likeness (QED) is 0.932. The molecule has 2 aromatic heterocycles. The summed E-state index contributed by atoms with van der Waals surface area (Å²) in [5.74, 6) is 0.488. The van der Waals surface area contributed by atoms with Crippen molar-refractivity contribution in [1.82, 2.24) is 19.7 Å². The molecule has 0 aliphatic heterocycles. The first-order valence-electron chi connectivity index (χ1n) is 7.18. The highest BCUT2D eigenvalue weighted by atomic mass is 16.2. The Bertz CT molecular complexity index is 657. The zero-order chi connectivity index (χ0) is 14.3. The minimum absolute atomic E-state index is 0.125. The van der Waals surface area contributed by atoms with Crippen LogP contribution >= 0.6 is 0 Å². The molecule has 1 aliphatic carbocycles. The molecule has 1 N–H and O–H groups in total. The summed E-state index contributed by atoms with van der Waals surface area (Å²) in [7, 11) is 0. The molecule has 0 bridgehead atoms. The molecule has 1 atom stereocenters. The lowest BCUT2D eigenvalue weighted by molar-refractivity contribution is 0.0905. The van der Waals surface area contributed by atoms with Crippen molar-refractivity contribution < 1.29 is 4.79 Å². The van der Waals surface area contributed by atoms with Crippen LogP contribution in [0.1, 0.15) is 48.1 Å². The highest BCUT2D eigenvalue weighted by Gasteiger charge is 2.26. The summed E-state index contributed by atoms with van der Waals surface area (Å²) in [6.07, 6.45) is 7.34. The summed E-state index contributed by atoms with van der Waals surface area (Å²) >= 11 is 0. The average Bonchev–Trinajstić information content (AvgIpc) is 2.69. The monoisotopic (exact) mass is 272 g/mol. The molecule has 0 radical (unpaired) electrons. The van der Waals surface area contributed by atoms with Gasteiger partial charge in [-0.25, -0.2) is 9.97 Å². The van der Waals surface area contributed by atoms with Gasteiger partial charge in [-0.2, -0.15) is 0 Å². The molecule has 1 amide bonds. The minimum Gasteiger partial charge on any atom is -0.348 e. The first-order chi connectivity index (χ1) is 9.56. The maximum absolute atomic E-state index is 12.4. The van der Waals surface area contributed by atoms with Gasteiger partial charge in [-0.3, -0.25) is 4.79 Å². The molecule has 1 aliphatic rings. The number of amides is 1. The van der Waals surface area contributed by atoms with Crippen LogP contribution in [0, 0.1) is 19.8 Å². The average molecular weight is 272 g/mol. The summed E-state index contributed by atoms with van der Waals surface area (Å²) in [5, 5.41) is 3.06. The maximum Gasteiger partial charge on any atom is 0.273 e. The summed E-state index contributed by atoms with van der Waals surface area (Å²) in [6, 6.07) is 0.204. The van der Waals surface area contributed by atoms with Crippen LogP contribution in [0.25, 0.3) is 5.65 Å². The highest BCUT2D eigenvalue weighted by Crippen LogP contribution is 2.29. The number of carbonyl (C=O) groups excluding carboxylic acids is 1. The van der Waals surface area contributed by atoms with Crippen LogP contribution < -0.4 is 5.32 Å². The Morgan fingerprint density at radius 1 is 1.45 bits per heavy atom. The van der Waals surface area contributed by atoms with E-state index in [9.17, 15) is 4.79 Å². The van der Waals surface area contributed by atoms with E-state index >= 15 is 0 Å². The van der Waals surface area contributed by atoms with E-state index in [2.05, 4.69) is 22.2 Å². The predicted octanol–water partition coefficient (Wildman–Crippen LogP) is 2.26. The predicted molar refractivity (Wildman–Crippen MR) is 76.7 cm³/mol. The smallest absolute Gasteiger partial charge is 0.273 e. The van der Waals surface area contributed by atoms with Gasteiger partial charge in [-0.05, 0) is 39.5 Å². The van der Waals surface area contributed by atoms with Crippen molar-refractivity contribution in [2.45, 2.75) is 46.1 Å². The summed E-state index contributed by atoms with van der Waals surface area (Å²) in [4.78, 5) is 21.1. The lowest BCUT2D eigenvalue weighted by Gasteiger charge is -2.31. The van der Waals surface area contributed by atoms with E-state index in [-0.39, 0.29) is 11.9 Å². The molecule has 3 rings (SSSR count). The fourth-order valence-corrected chi connectivity index (χ4v) is 2.70. The standard InChI is InChI=1S/C15H20N4O/c1-9-8-19-10(2)7-16-13(14(19)17-9)15(20)18-11(3)12-5-4-6-12/h7-8,11-12H,4-6H2,1-3H3,(H,18,20)/t11-/m0/s1. The van der Waals surface area contributed by atoms with Gasteiger partial charge in [0.15, 0.2) is 11.3 Å². The van der Waals surface area contributed by atoms with Gasteiger partial charge in [0.2, 0.25) is 0 Å². The van der Waals surface area contributed by atoms with Crippen LogP contribution in [0.4, 0.5) is 0 Å². The molecule has 5 heteroatoms. The van der Waals surface area contributed by atoms with Crippen molar-refractivity contribution in [2.24, 2.45) is 5.92 Å². The molecule has 0 saturated heterocycles. The summed E-state index contributed by atoms with van der Waals surface area (Å²) in [5.41, 5.74) is 2.92. The number of carbonyl (C=O) groups is 1. The van der Waals surface area contributed by atoms with Gasteiger partial charge < -0.3 is 9.72 Å². The molecule has 0 unspecified atom stereocenters. The Balaban J connectivity index is 1.89. The molecule has 0 spiro atoms. The van der Waals surface area contributed by atoms with E-state index in [1.807, 2.05) is 24.4 Å². The molecule has 20 heavy (non-hydrogen) atoms. The molecular weight excluding hydrogens is 252 g/mol. The number of aryl methyl sites for hydroxylation is 2. The number of nitrogens with one attached hydrogen (secondary N) is 1. The first-order valence-corrected chi connectivity index (χ1v) is 7.18. The fourth-order valence-electron chi connectivity index (χ4n) is 2.70. The summed E-state index contributed by atoms with van der Waals surface area (Å²) in [6.45, 7) is 5.95. The molecule has 2 heterocycles. The number of imidazole rings is 1. The SMILES string of the molecule is Cc1cn2c(C)cnc(C(=O)N[C@@H](C)C3CCC3)c2n1. The van der Waals surface area contributed by atoms with Crippen molar-refractivity contribution >= 4 is 11.6 Å². The summed E-state index contributed by atoms with van der Waals surface area (Å²) < 4.78 is 1.92. The van der Waals surface area contributed by atoms with E-state index in [1.165, 1.54) is 19.3 Å². The Kier molecular flexibility index (Phi) is 3.20. The second kappa shape index (κ2) is 4.89. The largest absolute Gasteiger partial charge is 0.348 e. The van der Waals surface area contributed by atoms with Crippen molar-refractivity contribution in [3.8, 4) is 0 Å². The van der Waals surface area contributed by atoms with E-state index in [4.69, 9.17) is 0 Å². The van der Waals surface area contributed by atoms with Crippen molar-refractivity contribution in [1.29, 1.82) is 0 Å².